The highest BCUT2D eigenvalue weighted by atomic mass is 32.2. The van der Waals surface area contributed by atoms with Crippen LogP contribution < -0.4 is 15.2 Å². The van der Waals surface area contributed by atoms with Gasteiger partial charge < -0.3 is 14.5 Å². The molecule has 0 fully saturated rings. The van der Waals surface area contributed by atoms with Crippen molar-refractivity contribution in [3.63, 3.8) is 0 Å². The van der Waals surface area contributed by atoms with E-state index in [0.29, 0.717) is 11.1 Å². The minimum atomic E-state index is -3.69. The summed E-state index contributed by atoms with van der Waals surface area (Å²) in [6.07, 6.45) is 2.39. The van der Waals surface area contributed by atoms with E-state index in [2.05, 4.69) is 19.7 Å². The van der Waals surface area contributed by atoms with Gasteiger partial charge in [-0.05, 0) is 37.6 Å². The molecule has 196 valence electrons. The van der Waals surface area contributed by atoms with Gasteiger partial charge in [0.1, 0.15) is 15.7 Å². The Balaban J connectivity index is 1.91. The number of rotatable bonds is 9. The summed E-state index contributed by atoms with van der Waals surface area (Å²) in [5, 5.41) is 0. The molecule has 4 rings (SSSR count). The molecule has 0 saturated carbocycles. The van der Waals surface area contributed by atoms with Crippen LogP contribution in [0.4, 0.5) is 13.2 Å². The van der Waals surface area contributed by atoms with Crippen LogP contribution in [-0.2, 0) is 9.84 Å². The maximum atomic E-state index is 14.4. The summed E-state index contributed by atoms with van der Waals surface area (Å²) in [5.74, 6) is -1.64. The Kier molecular flexibility index (Phi) is 7.25. The second-order valence-corrected chi connectivity index (χ2v) is 10.4. The van der Waals surface area contributed by atoms with Gasteiger partial charge in [-0.1, -0.05) is 18.2 Å². The van der Waals surface area contributed by atoms with Crippen molar-refractivity contribution in [2.45, 2.75) is 26.5 Å². The number of hydrogen-bond donors (Lipinski definition) is 1. The molecular formula is C24H23F3N4O5S. The van der Waals surface area contributed by atoms with E-state index in [1.807, 2.05) is 0 Å². The number of halogens is 3. The molecule has 0 aliphatic heterocycles. The third-order valence-electron chi connectivity index (χ3n) is 5.62. The Hall–Kier alpha value is -3.87. The zero-order valence-corrected chi connectivity index (χ0v) is 20.9. The van der Waals surface area contributed by atoms with E-state index in [-0.39, 0.29) is 40.7 Å². The van der Waals surface area contributed by atoms with Crippen molar-refractivity contribution < 1.29 is 31.1 Å². The van der Waals surface area contributed by atoms with Gasteiger partial charge in [0.2, 0.25) is 0 Å². The Morgan fingerprint density at radius 1 is 1.14 bits per heavy atom. The third-order valence-corrected chi connectivity index (χ3v) is 6.54. The van der Waals surface area contributed by atoms with Crippen LogP contribution in [-0.4, -0.2) is 53.2 Å². The van der Waals surface area contributed by atoms with Gasteiger partial charge in [0, 0.05) is 23.6 Å². The molecule has 0 aliphatic carbocycles. The molecule has 1 aromatic carbocycles. The van der Waals surface area contributed by atoms with Crippen molar-refractivity contribution >= 4 is 21.0 Å². The van der Waals surface area contributed by atoms with Crippen LogP contribution >= 0.6 is 0 Å². The number of nitrogens with one attached hydrogen (secondary N) is 1. The summed E-state index contributed by atoms with van der Waals surface area (Å²) in [6.45, 7) is 0.225. The summed E-state index contributed by atoms with van der Waals surface area (Å²) in [7, 11) is -3.69. The molecule has 9 nitrogen and oxygen atoms in total. The predicted octanol–water partition coefficient (Wildman–Crippen LogP) is 3.87. The lowest BCUT2D eigenvalue weighted by atomic mass is 10.0. The van der Waals surface area contributed by atoms with Crippen molar-refractivity contribution in [2.24, 2.45) is 0 Å². The number of H-pyrrole nitrogens is 1. The van der Waals surface area contributed by atoms with Crippen molar-refractivity contribution in [1.82, 2.24) is 19.5 Å². The Morgan fingerprint density at radius 2 is 1.86 bits per heavy atom. The fourth-order valence-electron chi connectivity index (χ4n) is 4.06. The van der Waals surface area contributed by atoms with E-state index >= 15 is 0 Å². The first kappa shape index (κ1) is 26.2. The predicted molar refractivity (Wildman–Crippen MR) is 130 cm³/mol. The summed E-state index contributed by atoms with van der Waals surface area (Å²) in [6, 6.07) is 7.36. The van der Waals surface area contributed by atoms with Crippen LogP contribution in [0.15, 0.2) is 47.4 Å². The van der Waals surface area contributed by atoms with E-state index in [4.69, 9.17) is 4.74 Å². The van der Waals surface area contributed by atoms with Crippen LogP contribution in [0.1, 0.15) is 24.2 Å². The topological polar surface area (TPSA) is 116 Å². The second-order valence-electron chi connectivity index (χ2n) is 8.23. The summed E-state index contributed by atoms with van der Waals surface area (Å²) in [4.78, 5) is 24.4. The molecule has 13 heteroatoms. The van der Waals surface area contributed by atoms with Crippen LogP contribution in [0.25, 0.3) is 22.3 Å². The molecule has 0 saturated heterocycles. The SMILES string of the molecule is CCOc1nc(C(CS(C)(=O)=O)n2c(=O)[nH]c3c(C)c(-c4ccccc4F)cnc32)ccc1OC(F)F. The number of ether oxygens (including phenoxy) is 2. The molecule has 3 heterocycles. The van der Waals surface area contributed by atoms with E-state index in [0.717, 1.165) is 10.8 Å². The molecule has 1 atom stereocenters. The first-order chi connectivity index (χ1) is 17.5. The van der Waals surface area contributed by atoms with Gasteiger partial charge >= 0.3 is 12.3 Å². The molecule has 0 amide bonds. The van der Waals surface area contributed by atoms with Gasteiger partial charge in [-0.15, -0.1) is 0 Å². The number of benzene rings is 1. The normalized spacial score (nSPS) is 12.7. The number of nitrogens with zero attached hydrogens (tertiary/aromatic N) is 3. The van der Waals surface area contributed by atoms with Crippen molar-refractivity contribution in [3.05, 3.63) is 70.2 Å². The molecule has 4 aromatic rings. The van der Waals surface area contributed by atoms with E-state index < -0.39 is 39.8 Å². The smallest absolute Gasteiger partial charge is 0.387 e. The van der Waals surface area contributed by atoms with Gasteiger partial charge in [-0.25, -0.2) is 27.6 Å². The quantitative estimate of drug-likeness (QED) is 0.345. The lowest BCUT2D eigenvalue weighted by molar-refractivity contribution is -0.0518. The number of pyridine rings is 2. The summed E-state index contributed by atoms with van der Waals surface area (Å²) in [5.41, 5.74) is 1.02. The van der Waals surface area contributed by atoms with Crippen LogP contribution in [0.3, 0.4) is 0 Å². The molecule has 1 N–H and O–H groups in total. The number of alkyl halides is 2. The molecule has 0 radical (unpaired) electrons. The fourth-order valence-corrected chi connectivity index (χ4v) is 4.95. The minimum Gasteiger partial charge on any atom is -0.475 e. The minimum absolute atomic E-state index is 0.0520. The summed E-state index contributed by atoms with van der Waals surface area (Å²) < 4.78 is 75.7. The molecule has 0 spiro atoms. The Labute approximate surface area is 209 Å². The van der Waals surface area contributed by atoms with Gasteiger partial charge in [0.05, 0.1) is 29.6 Å². The number of hydrogen-bond acceptors (Lipinski definition) is 7. The van der Waals surface area contributed by atoms with E-state index in [1.54, 1.807) is 32.0 Å². The van der Waals surface area contributed by atoms with Crippen LogP contribution in [0, 0.1) is 12.7 Å². The third kappa shape index (κ3) is 5.45. The first-order valence-electron chi connectivity index (χ1n) is 11.1. The number of aromatic amines is 1. The number of imidazole rings is 1. The first-order valence-corrected chi connectivity index (χ1v) is 13.2. The standard InChI is InChI=1S/C24H23F3N4O5S/c1-4-35-22-19(36-23(26)27)10-9-17(29-22)18(12-37(3,33)34)31-21-20(30-24(31)32)13(2)15(11-28-21)14-7-5-6-8-16(14)25/h5-11,18,23H,4,12H2,1-3H3,(H,30,32). The average Bonchev–Trinajstić information content (AvgIpc) is 3.15. The number of aromatic nitrogens is 4. The molecule has 1 unspecified atom stereocenters. The van der Waals surface area contributed by atoms with Gasteiger partial charge in [-0.2, -0.15) is 8.78 Å². The fraction of sp³-hybridized carbons (Fsp3) is 0.292. The average molecular weight is 537 g/mol. The zero-order chi connectivity index (χ0) is 26.9. The van der Waals surface area contributed by atoms with Gasteiger partial charge in [0.25, 0.3) is 5.88 Å². The highest BCUT2D eigenvalue weighted by Gasteiger charge is 2.28. The largest absolute Gasteiger partial charge is 0.475 e. The maximum Gasteiger partial charge on any atom is 0.387 e. The molecule has 0 bridgehead atoms. The Bertz CT molecular complexity index is 1620. The lowest BCUT2D eigenvalue weighted by Gasteiger charge is -2.19. The van der Waals surface area contributed by atoms with Gasteiger partial charge in [-0.3, -0.25) is 4.57 Å². The van der Waals surface area contributed by atoms with Crippen LogP contribution in [0.2, 0.25) is 0 Å². The zero-order valence-electron chi connectivity index (χ0n) is 20.0. The molecule has 37 heavy (non-hydrogen) atoms. The van der Waals surface area contributed by atoms with E-state index in [9.17, 15) is 26.4 Å². The monoisotopic (exact) mass is 536 g/mol. The maximum absolute atomic E-state index is 14.4. The second kappa shape index (κ2) is 10.2. The highest BCUT2D eigenvalue weighted by Crippen LogP contribution is 2.33. The summed E-state index contributed by atoms with van der Waals surface area (Å²) >= 11 is 0. The van der Waals surface area contributed by atoms with E-state index in [1.165, 1.54) is 24.4 Å². The molecule has 3 aromatic heterocycles. The Morgan fingerprint density at radius 3 is 2.51 bits per heavy atom. The van der Waals surface area contributed by atoms with Crippen LogP contribution in [0.5, 0.6) is 11.6 Å². The number of fused-ring (bicyclic) bond motifs is 1. The van der Waals surface area contributed by atoms with Gasteiger partial charge in [0.15, 0.2) is 11.4 Å². The van der Waals surface area contributed by atoms with Crippen molar-refractivity contribution in [2.75, 3.05) is 18.6 Å². The van der Waals surface area contributed by atoms with Crippen molar-refractivity contribution in [3.8, 4) is 22.8 Å². The molecular weight excluding hydrogens is 513 g/mol. The lowest BCUT2D eigenvalue weighted by Crippen LogP contribution is -2.29. The number of aryl methyl sites for hydroxylation is 1. The number of sulfone groups is 1. The molecule has 0 aliphatic rings. The highest BCUT2D eigenvalue weighted by molar-refractivity contribution is 7.90. The van der Waals surface area contributed by atoms with Crippen molar-refractivity contribution in [1.29, 1.82) is 0 Å².